The van der Waals surface area contributed by atoms with Crippen molar-refractivity contribution in [1.82, 2.24) is 21.1 Å². The highest BCUT2D eigenvalue weighted by molar-refractivity contribution is 5.90. The van der Waals surface area contributed by atoms with Gasteiger partial charge in [0.2, 0.25) is 11.8 Å². The van der Waals surface area contributed by atoms with Crippen LogP contribution in [0.15, 0.2) is 30.3 Å². The molecular formula is C25H42N6O3. The van der Waals surface area contributed by atoms with Crippen LogP contribution in [-0.2, 0) is 20.8 Å². The number of carbonyl (C=O) groups is 3. The van der Waals surface area contributed by atoms with Gasteiger partial charge in [-0.25, -0.2) is 5.01 Å². The molecule has 3 atom stereocenters. The van der Waals surface area contributed by atoms with Gasteiger partial charge in [0.1, 0.15) is 12.1 Å². The maximum absolute atomic E-state index is 13.1. The Kier molecular flexibility index (Phi) is 12.6. The van der Waals surface area contributed by atoms with Gasteiger partial charge in [-0.1, -0.05) is 56.5 Å². The van der Waals surface area contributed by atoms with Gasteiger partial charge in [0.15, 0.2) is 0 Å². The molecule has 1 saturated heterocycles. The van der Waals surface area contributed by atoms with E-state index >= 15 is 0 Å². The van der Waals surface area contributed by atoms with Gasteiger partial charge < -0.3 is 22.1 Å². The highest BCUT2D eigenvalue weighted by atomic mass is 16.2. The number of amides is 3. The minimum atomic E-state index is -0.636. The summed E-state index contributed by atoms with van der Waals surface area (Å²) < 4.78 is 0. The van der Waals surface area contributed by atoms with Crippen LogP contribution >= 0.6 is 0 Å². The van der Waals surface area contributed by atoms with E-state index in [9.17, 15) is 14.4 Å². The smallest absolute Gasteiger partial charge is 0.251 e. The largest absolute Gasteiger partial charge is 0.354 e. The zero-order valence-electron chi connectivity index (χ0n) is 20.4. The van der Waals surface area contributed by atoms with Crippen molar-refractivity contribution in [3.63, 3.8) is 0 Å². The van der Waals surface area contributed by atoms with Crippen molar-refractivity contribution < 1.29 is 14.4 Å². The fourth-order valence-corrected chi connectivity index (χ4v) is 4.08. The second-order valence-corrected chi connectivity index (χ2v) is 8.95. The van der Waals surface area contributed by atoms with Gasteiger partial charge in [-0.05, 0) is 50.6 Å². The Morgan fingerprint density at radius 3 is 2.56 bits per heavy atom. The zero-order valence-corrected chi connectivity index (χ0v) is 20.4. The number of nitrogens with zero attached hydrogens (tertiary/aromatic N) is 1. The molecule has 0 radical (unpaired) electrons. The Morgan fingerprint density at radius 1 is 1.09 bits per heavy atom. The number of unbranched alkanes of at least 4 members (excludes halogenated alkanes) is 2. The first-order chi connectivity index (χ1) is 16.5. The maximum Gasteiger partial charge on any atom is 0.251 e. The Hall–Kier alpha value is -2.49. The molecule has 190 valence electrons. The third kappa shape index (κ3) is 9.40. The average molecular weight is 475 g/mol. The first kappa shape index (κ1) is 27.8. The molecule has 1 fully saturated rings. The monoisotopic (exact) mass is 474 g/mol. The Labute approximate surface area is 203 Å². The molecule has 0 unspecified atom stereocenters. The summed E-state index contributed by atoms with van der Waals surface area (Å²) in [6.45, 7) is 3.70. The standard InChI is InChI=1S/C25H42N6O3/c1-2-3-13-21(24(33)28-17-15-19-10-5-4-6-11-19)29-25(34)22-14-9-18-31(22)30-23(32)20(27)12-7-8-16-26/h4-6,10-11,20-22H,2-3,7-9,12-18,26-27H2,1H3,(H,28,33)(H,29,34)(H,30,32)/t20-,21+,22-/m0/s1. The van der Waals surface area contributed by atoms with Gasteiger partial charge in [-0.15, -0.1) is 0 Å². The van der Waals surface area contributed by atoms with E-state index in [1.807, 2.05) is 30.3 Å². The first-order valence-corrected chi connectivity index (χ1v) is 12.6. The highest BCUT2D eigenvalue weighted by Crippen LogP contribution is 2.16. The molecule has 9 nitrogen and oxygen atoms in total. The molecule has 1 aliphatic rings. The number of hydrogen-bond acceptors (Lipinski definition) is 6. The third-order valence-corrected chi connectivity index (χ3v) is 6.15. The molecule has 1 aromatic rings. The van der Waals surface area contributed by atoms with E-state index in [1.54, 1.807) is 5.01 Å². The number of hydrazine groups is 1. The van der Waals surface area contributed by atoms with Crippen molar-refractivity contribution in [1.29, 1.82) is 0 Å². The summed E-state index contributed by atoms with van der Waals surface area (Å²) in [5.74, 6) is -0.708. The molecule has 2 rings (SSSR count). The third-order valence-electron chi connectivity index (χ3n) is 6.15. The van der Waals surface area contributed by atoms with Crippen LogP contribution in [0.25, 0.3) is 0 Å². The second kappa shape index (κ2) is 15.4. The van der Waals surface area contributed by atoms with Crippen LogP contribution in [-0.4, -0.2) is 60.5 Å². The van der Waals surface area contributed by atoms with E-state index < -0.39 is 18.1 Å². The first-order valence-electron chi connectivity index (χ1n) is 12.6. The van der Waals surface area contributed by atoms with Crippen LogP contribution in [0, 0.1) is 0 Å². The molecule has 34 heavy (non-hydrogen) atoms. The Morgan fingerprint density at radius 2 is 1.85 bits per heavy atom. The molecule has 0 saturated carbocycles. The predicted molar refractivity (Wildman–Crippen MR) is 133 cm³/mol. The van der Waals surface area contributed by atoms with Crippen LogP contribution in [0.4, 0.5) is 0 Å². The van der Waals surface area contributed by atoms with Crippen molar-refractivity contribution >= 4 is 17.7 Å². The normalized spacial score (nSPS) is 17.7. The van der Waals surface area contributed by atoms with E-state index in [2.05, 4.69) is 23.0 Å². The molecule has 1 aromatic carbocycles. The summed E-state index contributed by atoms with van der Waals surface area (Å²) in [5, 5.41) is 7.54. The molecule has 3 amide bonds. The van der Waals surface area contributed by atoms with Gasteiger partial charge in [-0.3, -0.25) is 19.8 Å². The van der Waals surface area contributed by atoms with E-state index in [0.717, 1.165) is 44.1 Å². The summed E-state index contributed by atoms with van der Waals surface area (Å²) in [5.41, 5.74) is 15.4. The number of nitrogens with one attached hydrogen (secondary N) is 3. The van der Waals surface area contributed by atoms with Gasteiger partial charge in [0.25, 0.3) is 5.91 Å². The van der Waals surface area contributed by atoms with Gasteiger partial charge in [-0.2, -0.15) is 0 Å². The summed E-state index contributed by atoms with van der Waals surface area (Å²) >= 11 is 0. The molecule has 9 heteroatoms. The zero-order chi connectivity index (χ0) is 24.8. The van der Waals surface area contributed by atoms with Crippen LogP contribution < -0.4 is 27.5 Å². The molecule has 0 spiro atoms. The Balaban J connectivity index is 1.88. The van der Waals surface area contributed by atoms with Crippen LogP contribution in [0.1, 0.15) is 63.9 Å². The fourth-order valence-electron chi connectivity index (χ4n) is 4.08. The minimum absolute atomic E-state index is 0.173. The molecule has 1 aliphatic heterocycles. The van der Waals surface area contributed by atoms with Crippen LogP contribution in [0.5, 0.6) is 0 Å². The Bertz CT molecular complexity index is 760. The van der Waals surface area contributed by atoms with Crippen molar-refractivity contribution in [2.24, 2.45) is 11.5 Å². The lowest BCUT2D eigenvalue weighted by molar-refractivity contribution is -0.135. The van der Waals surface area contributed by atoms with E-state index in [0.29, 0.717) is 38.9 Å². The van der Waals surface area contributed by atoms with Gasteiger partial charge in [0, 0.05) is 13.1 Å². The van der Waals surface area contributed by atoms with Crippen molar-refractivity contribution in [2.45, 2.75) is 82.8 Å². The summed E-state index contributed by atoms with van der Waals surface area (Å²) in [6.07, 6.45) is 6.62. The lowest BCUT2D eigenvalue weighted by atomic mass is 10.1. The summed E-state index contributed by atoms with van der Waals surface area (Å²) in [6, 6.07) is 8.21. The fraction of sp³-hybridized carbons (Fsp3) is 0.640. The van der Waals surface area contributed by atoms with E-state index in [-0.39, 0.29) is 17.7 Å². The number of carbonyl (C=O) groups excluding carboxylic acids is 3. The second-order valence-electron chi connectivity index (χ2n) is 8.95. The molecule has 0 aliphatic carbocycles. The van der Waals surface area contributed by atoms with Gasteiger partial charge in [0.05, 0.1) is 6.04 Å². The lowest BCUT2D eigenvalue weighted by Gasteiger charge is -2.27. The molecule has 0 bridgehead atoms. The molecule has 0 aromatic heterocycles. The molecular weight excluding hydrogens is 432 g/mol. The number of nitrogens with two attached hydrogens (primary N) is 2. The molecule has 1 heterocycles. The van der Waals surface area contributed by atoms with Crippen molar-refractivity contribution in [3.05, 3.63) is 35.9 Å². The topological polar surface area (TPSA) is 143 Å². The number of hydrogen-bond donors (Lipinski definition) is 5. The summed E-state index contributed by atoms with van der Waals surface area (Å²) in [7, 11) is 0. The molecule has 7 N–H and O–H groups in total. The van der Waals surface area contributed by atoms with Crippen LogP contribution in [0.3, 0.4) is 0 Å². The van der Waals surface area contributed by atoms with Gasteiger partial charge >= 0.3 is 0 Å². The maximum atomic E-state index is 13.1. The van der Waals surface area contributed by atoms with Crippen LogP contribution in [0.2, 0.25) is 0 Å². The van der Waals surface area contributed by atoms with Crippen molar-refractivity contribution in [3.8, 4) is 0 Å². The minimum Gasteiger partial charge on any atom is -0.354 e. The quantitative estimate of drug-likeness (QED) is 0.240. The van der Waals surface area contributed by atoms with E-state index in [4.69, 9.17) is 11.5 Å². The van der Waals surface area contributed by atoms with Crippen molar-refractivity contribution in [2.75, 3.05) is 19.6 Å². The van der Waals surface area contributed by atoms with E-state index in [1.165, 1.54) is 0 Å². The summed E-state index contributed by atoms with van der Waals surface area (Å²) in [4.78, 5) is 38.4. The average Bonchev–Trinajstić information content (AvgIpc) is 3.30. The number of benzene rings is 1. The number of rotatable bonds is 15. The predicted octanol–water partition coefficient (Wildman–Crippen LogP) is 0.972. The SMILES string of the molecule is CCCC[C@@H](NC(=O)[C@@H]1CCCN1NC(=O)[C@@H](N)CCCCN)C(=O)NCCc1ccccc1. The highest BCUT2D eigenvalue weighted by Gasteiger charge is 2.34. The lowest BCUT2D eigenvalue weighted by Crippen LogP contribution is -2.57.